The number of hydrogen-bond donors (Lipinski definition) is 1. The average molecular weight is 267 g/mol. The van der Waals surface area contributed by atoms with Crippen LogP contribution in [0.15, 0.2) is 29.2 Å². The fourth-order valence-corrected chi connectivity index (χ4v) is 2.19. The maximum atomic E-state index is 13.2. The number of rotatable bonds is 5. The number of alkyl halides is 3. The molecule has 1 nitrogen and oxygen atoms in total. The summed E-state index contributed by atoms with van der Waals surface area (Å²) in [5.74, 6) is -0.347. The molecule has 0 aliphatic carbocycles. The first-order chi connectivity index (χ1) is 7.88. The first-order valence-electron chi connectivity index (χ1n) is 5.07. The van der Waals surface area contributed by atoms with Gasteiger partial charge in [0.15, 0.2) is 0 Å². The van der Waals surface area contributed by atoms with Crippen molar-refractivity contribution in [2.24, 2.45) is 0 Å². The van der Waals surface area contributed by atoms with E-state index in [0.29, 0.717) is 4.90 Å². The number of benzene rings is 1. The van der Waals surface area contributed by atoms with Crippen LogP contribution in [-0.2, 0) is 0 Å². The van der Waals surface area contributed by atoms with E-state index in [2.05, 4.69) is 5.32 Å². The molecule has 1 aromatic rings. The Hall–Kier alpha value is -0.750. The van der Waals surface area contributed by atoms with Crippen molar-refractivity contribution in [1.29, 1.82) is 0 Å². The molecule has 0 fully saturated rings. The number of halogens is 4. The van der Waals surface area contributed by atoms with Gasteiger partial charge in [-0.2, -0.15) is 13.2 Å². The van der Waals surface area contributed by atoms with Gasteiger partial charge in [0.25, 0.3) is 0 Å². The molecule has 0 heterocycles. The molecular weight excluding hydrogens is 254 g/mol. The molecule has 6 heteroatoms. The van der Waals surface area contributed by atoms with E-state index in [-0.39, 0.29) is 17.6 Å². The topological polar surface area (TPSA) is 12.0 Å². The maximum Gasteiger partial charge on any atom is 0.401 e. The van der Waals surface area contributed by atoms with E-state index < -0.39 is 12.7 Å². The molecule has 0 saturated heterocycles. The van der Waals surface area contributed by atoms with Crippen molar-refractivity contribution in [2.45, 2.75) is 23.2 Å². The Kier molecular flexibility index (Phi) is 5.27. The summed E-state index contributed by atoms with van der Waals surface area (Å²) >= 11 is 1.22. The standard InChI is InChI=1S/C11H13F4NS/c1-8(6-16-7-11(13,14)15)17-10-5-3-2-4-9(10)12/h2-5,8,16H,6-7H2,1H3. The van der Waals surface area contributed by atoms with Gasteiger partial charge in [0.05, 0.1) is 6.54 Å². The minimum absolute atomic E-state index is 0.130. The summed E-state index contributed by atoms with van der Waals surface area (Å²) in [5.41, 5.74) is 0. The van der Waals surface area contributed by atoms with Crippen LogP contribution in [0.1, 0.15) is 6.92 Å². The van der Waals surface area contributed by atoms with Gasteiger partial charge in [0.1, 0.15) is 5.82 Å². The molecule has 96 valence electrons. The number of thioether (sulfide) groups is 1. The van der Waals surface area contributed by atoms with E-state index in [4.69, 9.17) is 0 Å². The van der Waals surface area contributed by atoms with Gasteiger partial charge in [-0.05, 0) is 12.1 Å². The van der Waals surface area contributed by atoms with Crippen LogP contribution in [0.4, 0.5) is 17.6 Å². The van der Waals surface area contributed by atoms with Crippen LogP contribution in [0.5, 0.6) is 0 Å². The quantitative estimate of drug-likeness (QED) is 0.647. The first kappa shape index (κ1) is 14.3. The van der Waals surface area contributed by atoms with Crippen molar-refractivity contribution in [3.05, 3.63) is 30.1 Å². The fourth-order valence-electron chi connectivity index (χ4n) is 1.22. The largest absolute Gasteiger partial charge is 0.401 e. The predicted molar refractivity (Wildman–Crippen MR) is 60.6 cm³/mol. The molecule has 0 bridgehead atoms. The van der Waals surface area contributed by atoms with Gasteiger partial charge in [0.2, 0.25) is 0 Å². The van der Waals surface area contributed by atoms with E-state index in [1.54, 1.807) is 25.1 Å². The molecule has 0 saturated carbocycles. The molecular formula is C11H13F4NS. The van der Waals surface area contributed by atoms with Crippen molar-refractivity contribution in [1.82, 2.24) is 5.32 Å². The minimum atomic E-state index is -4.21. The third kappa shape index (κ3) is 5.93. The number of nitrogens with one attached hydrogen (secondary N) is 1. The average Bonchev–Trinajstić information content (AvgIpc) is 2.19. The van der Waals surface area contributed by atoms with E-state index in [1.165, 1.54) is 17.8 Å². The lowest BCUT2D eigenvalue weighted by Gasteiger charge is -2.13. The zero-order valence-electron chi connectivity index (χ0n) is 9.22. The van der Waals surface area contributed by atoms with Gasteiger partial charge in [-0.25, -0.2) is 4.39 Å². The van der Waals surface area contributed by atoms with Crippen LogP contribution in [0.3, 0.4) is 0 Å². The summed E-state index contributed by atoms with van der Waals surface area (Å²) in [5, 5.41) is 2.17. The van der Waals surface area contributed by atoms with Crippen LogP contribution >= 0.6 is 11.8 Å². The molecule has 1 rings (SSSR count). The Labute approximate surface area is 102 Å². The van der Waals surface area contributed by atoms with Crippen molar-refractivity contribution in [3.8, 4) is 0 Å². The highest BCUT2D eigenvalue weighted by Gasteiger charge is 2.26. The van der Waals surface area contributed by atoms with Gasteiger partial charge < -0.3 is 5.32 Å². The van der Waals surface area contributed by atoms with Gasteiger partial charge in [0, 0.05) is 16.7 Å². The second-order valence-electron chi connectivity index (χ2n) is 3.60. The highest BCUT2D eigenvalue weighted by atomic mass is 32.2. The fraction of sp³-hybridized carbons (Fsp3) is 0.455. The molecule has 0 radical (unpaired) electrons. The Morgan fingerprint density at radius 1 is 1.29 bits per heavy atom. The monoisotopic (exact) mass is 267 g/mol. The van der Waals surface area contributed by atoms with Gasteiger partial charge in [-0.3, -0.25) is 0 Å². The second-order valence-corrected chi connectivity index (χ2v) is 5.09. The Morgan fingerprint density at radius 3 is 2.53 bits per heavy atom. The van der Waals surface area contributed by atoms with Crippen molar-refractivity contribution < 1.29 is 17.6 Å². The van der Waals surface area contributed by atoms with Gasteiger partial charge >= 0.3 is 6.18 Å². The molecule has 1 N–H and O–H groups in total. The molecule has 0 amide bonds. The molecule has 0 aliphatic heterocycles. The maximum absolute atomic E-state index is 13.2. The molecule has 1 aromatic carbocycles. The molecule has 1 unspecified atom stereocenters. The third-order valence-corrected chi connectivity index (χ3v) is 3.08. The summed E-state index contributed by atoms with van der Waals surface area (Å²) in [6.07, 6.45) is -4.21. The van der Waals surface area contributed by atoms with E-state index in [9.17, 15) is 17.6 Å². The van der Waals surface area contributed by atoms with Gasteiger partial charge in [-0.1, -0.05) is 19.1 Å². The van der Waals surface area contributed by atoms with Crippen LogP contribution in [0.2, 0.25) is 0 Å². The van der Waals surface area contributed by atoms with Crippen molar-refractivity contribution in [2.75, 3.05) is 13.1 Å². The summed E-state index contributed by atoms with van der Waals surface area (Å²) in [6, 6.07) is 6.21. The van der Waals surface area contributed by atoms with Crippen molar-refractivity contribution >= 4 is 11.8 Å². The van der Waals surface area contributed by atoms with E-state index in [1.807, 2.05) is 0 Å². The second kappa shape index (κ2) is 6.26. The number of hydrogen-bond acceptors (Lipinski definition) is 2. The molecule has 17 heavy (non-hydrogen) atoms. The Bertz CT molecular complexity index is 354. The highest BCUT2D eigenvalue weighted by Crippen LogP contribution is 2.25. The predicted octanol–water partition coefficient (Wildman–Crippen LogP) is 3.46. The van der Waals surface area contributed by atoms with Crippen molar-refractivity contribution in [3.63, 3.8) is 0 Å². The molecule has 0 aromatic heterocycles. The molecule has 0 spiro atoms. The summed E-state index contributed by atoms with van der Waals surface area (Å²) in [4.78, 5) is 0.453. The lowest BCUT2D eigenvalue weighted by molar-refractivity contribution is -0.124. The Morgan fingerprint density at radius 2 is 1.94 bits per heavy atom. The lowest BCUT2D eigenvalue weighted by atomic mass is 10.3. The summed E-state index contributed by atoms with van der Waals surface area (Å²) < 4.78 is 48.8. The smallest absolute Gasteiger partial charge is 0.308 e. The Balaban J connectivity index is 2.35. The zero-order chi connectivity index (χ0) is 12.9. The van der Waals surface area contributed by atoms with Crippen LogP contribution < -0.4 is 5.32 Å². The molecule has 0 aliphatic rings. The highest BCUT2D eigenvalue weighted by molar-refractivity contribution is 8.00. The van der Waals surface area contributed by atoms with E-state index in [0.717, 1.165) is 0 Å². The van der Waals surface area contributed by atoms with Crippen LogP contribution in [0.25, 0.3) is 0 Å². The van der Waals surface area contributed by atoms with E-state index >= 15 is 0 Å². The summed E-state index contributed by atoms with van der Waals surface area (Å²) in [7, 11) is 0. The SMILES string of the molecule is CC(CNCC(F)(F)F)Sc1ccccc1F. The lowest BCUT2D eigenvalue weighted by Crippen LogP contribution is -2.32. The molecule has 1 atom stereocenters. The summed E-state index contributed by atoms with van der Waals surface area (Å²) in [6.45, 7) is 0.911. The third-order valence-electron chi connectivity index (χ3n) is 1.92. The van der Waals surface area contributed by atoms with Crippen LogP contribution in [-0.4, -0.2) is 24.5 Å². The minimum Gasteiger partial charge on any atom is -0.308 e. The van der Waals surface area contributed by atoms with Gasteiger partial charge in [-0.15, -0.1) is 11.8 Å². The first-order valence-corrected chi connectivity index (χ1v) is 5.95. The normalized spacial score (nSPS) is 13.7. The van der Waals surface area contributed by atoms with Crippen LogP contribution in [0, 0.1) is 5.82 Å². The zero-order valence-corrected chi connectivity index (χ0v) is 10.0.